The number of rotatable bonds is 20. The Morgan fingerprint density at radius 1 is 1.06 bits per heavy atom. The second-order valence-electron chi connectivity index (χ2n) is 10.2. The quantitative estimate of drug-likeness (QED) is 0.0380. The topological polar surface area (TPSA) is 154 Å². The number of carbonyl (C=O) groups excluding carboxylic acids is 4. The number of carbonyl (C=O) groups is 4. The third kappa shape index (κ3) is 10.9. The van der Waals surface area contributed by atoms with E-state index in [9.17, 15) is 19.2 Å². The van der Waals surface area contributed by atoms with Crippen molar-refractivity contribution in [2.45, 2.75) is 96.7 Å². The highest BCUT2D eigenvalue weighted by Gasteiger charge is 2.42. The van der Waals surface area contributed by atoms with Crippen LogP contribution in [0.25, 0.3) is 0 Å². The van der Waals surface area contributed by atoms with E-state index in [2.05, 4.69) is 33.3 Å². The van der Waals surface area contributed by atoms with Crippen molar-refractivity contribution in [2.24, 2.45) is 23.3 Å². The van der Waals surface area contributed by atoms with Gasteiger partial charge in [0.15, 0.2) is 5.78 Å². The maximum atomic E-state index is 12.9. The molecular formula is C24H46IN7O4. The molecule has 0 spiro atoms. The SMILES string of the molecule is CC(C)C[C@@H](C=O)NN([C@H](C=O)CC(C)C)N([C@H](C=O)CCCNC(N)N)N1CCCC1C(=O)CI. The summed E-state index contributed by atoms with van der Waals surface area (Å²) in [5.41, 5.74) is 14.4. The van der Waals surface area contributed by atoms with E-state index >= 15 is 0 Å². The summed E-state index contributed by atoms with van der Waals surface area (Å²) in [6, 6.07) is -2.28. The van der Waals surface area contributed by atoms with Crippen LogP contribution < -0.4 is 22.2 Å². The number of hydrazine groups is 3. The fourth-order valence-corrected chi connectivity index (χ4v) is 5.03. The van der Waals surface area contributed by atoms with Crippen molar-refractivity contribution in [3.63, 3.8) is 0 Å². The van der Waals surface area contributed by atoms with Crippen LogP contribution in [0.15, 0.2) is 0 Å². The Kier molecular flexibility index (Phi) is 16.2. The molecule has 1 rings (SSSR count). The zero-order chi connectivity index (χ0) is 27.3. The molecule has 12 heteroatoms. The zero-order valence-corrected chi connectivity index (χ0v) is 24.3. The first-order valence-electron chi connectivity index (χ1n) is 12.9. The van der Waals surface area contributed by atoms with Gasteiger partial charge in [-0.15, -0.1) is 5.12 Å². The normalized spacial score (nSPS) is 19.4. The van der Waals surface area contributed by atoms with Gasteiger partial charge in [-0.25, -0.2) is 10.4 Å². The molecule has 0 aromatic rings. The second kappa shape index (κ2) is 17.6. The lowest BCUT2D eigenvalue weighted by atomic mass is 10.0. The molecule has 1 heterocycles. The first-order valence-corrected chi connectivity index (χ1v) is 14.4. The Bertz CT molecular complexity index is 683. The monoisotopic (exact) mass is 623 g/mol. The number of ketones is 1. The molecule has 1 aliphatic heterocycles. The molecule has 0 aromatic carbocycles. The Labute approximate surface area is 229 Å². The fourth-order valence-electron chi connectivity index (χ4n) is 4.52. The van der Waals surface area contributed by atoms with Crippen LogP contribution in [0.3, 0.4) is 0 Å². The lowest BCUT2D eigenvalue weighted by Gasteiger charge is -2.48. The zero-order valence-electron chi connectivity index (χ0n) is 22.1. The number of hydrogen-bond acceptors (Lipinski definition) is 11. The van der Waals surface area contributed by atoms with E-state index in [0.29, 0.717) is 49.6 Å². The van der Waals surface area contributed by atoms with Crippen LogP contribution in [0.2, 0.25) is 0 Å². The van der Waals surface area contributed by atoms with E-state index in [1.807, 2.05) is 32.7 Å². The third-order valence-corrected chi connectivity index (χ3v) is 6.85. The van der Waals surface area contributed by atoms with E-state index in [4.69, 9.17) is 11.5 Å². The molecule has 1 saturated heterocycles. The number of alkyl halides is 1. The van der Waals surface area contributed by atoms with Crippen molar-refractivity contribution in [3.05, 3.63) is 0 Å². The maximum absolute atomic E-state index is 12.9. The Morgan fingerprint density at radius 2 is 1.69 bits per heavy atom. The fraction of sp³-hybridized carbons (Fsp3) is 0.833. The van der Waals surface area contributed by atoms with Crippen LogP contribution >= 0.6 is 22.6 Å². The minimum atomic E-state index is -0.670. The standard InChI is InChI=1S/C24H46IN7O4/c1-17(2)11-19(14-33)29-31(21(16-35)12-18(3)4)32(20(15-34)7-5-9-28-24(26)27)30-10-6-8-22(30)23(36)13-25/h14-22,24,28-29H,5-13,26-27H2,1-4H3/t19-,20-,21-,22?/m0/s1. The molecule has 36 heavy (non-hydrogen) atoms. The molecule has 0 aliphatic carbocycles. The van der Waals surface area contributed by atoms with E-state index in [-0.39, 0.29) is 17.6 Å². The molecule has 208 valence electrons. The van der Waals surface area contributed by atoms with Crippen molar-refractivity contribution in [2.75, 3.05) is 17.5 Å². The largest absolute Gasteiger partial charge is 0.304 e. The maximum Gasteiger partial charge on any atom is 0.161 e. The lowest BCUT2D eigenvalue weighted by Crippen LogP contribution is -2.69. The van der Waals surface area contributed by atoms with Gasteiger partial charge in [-0.1, -0.05) is 50.3 Å². The van der Waals surface area contributed by atoms with Crippen LogP contribution in [0.1, 0.15) is 66.2 Å². The van der Waals surface area contributed by atoms with E-state index in [1.54, 1.807) is 10.2 Å². The number of halogens is 1. The molecule has 0 amide bonds. The number of hydrogen-bond donors (Lipinski definition) is 4. The van der Waals surface area contributed by atoms with Gasteiger partial charge in [0, 0.05) is 6.54 Å². The van der Waals surface area contributed by atoms with Crippen molar-refractivity contribution < 1.29 is 19.2 Å². The third-order valence-electron chi connectivity index (χ3n) is 6.09. The lowest BCUT2D eigenvalue weighted by molar-refractivity contribution is -0.251. The van der Waals surface area contributed by atoms with Crippen LogP contribution in [0.5, 0.6) is 0 Å². The van der Waals surface area contributed by atoms with E-state index in [0.717, 1.165) is 25.3 Å². The van der Waals surface area contributed by atoms with Gasteiger partial charge in [-0.05, 0) is 56.9 Å². The highest BCUT2D eigenvalue weighted by Crippen LogP contribution is 2.27. The molecule has 6 N–H and O–H groups in total. The molecule has 0 saturated carbocycles. The predicted octanol–water partition coefficient (Wildman–Crippen LogP) is 0.759. The van der Waals surface area contributed by atoms with Crippen molar-refractivity contribution in [1.82, 2.24) is 26.0 Å². The summed E-state index contributed by atoms with van der Waals surface area (Å²) in [5.74, 6) is 0.483. The first kappa shape index (κ1) is 33.2. The van der Waals surface area contributed by atoms with Gasteiger partial charge in [0.25, 0.3) is 0 Å². The van der Waals surface area contributed by atoms with Crippen molar-refractivity contribution >= 4 is 47.2 Å². The van der Waals surface area contributed by atoms with Crippen molar-refractivity contribution in [1.29, 1.82) is 0 Å². The van der Waals surface area contributed by atoms with E-state index < -0.39 is 30.5 Å². The van der Waals surface area contributed by atoms with Gasteiger partial charge in [-0.2, -0.15) is 5.12 Å². The Hall–Kier alpha value is -0.870. The van der Waals surface area contributed by atoms with Crippen LogP contribution in [0.4, 0.5) is 0 Å². The first-order chi connectivity index (χ1) is 17.1. The summed E-state index contributed by atoms with van der Waals surface area (Å²) in [6.07, 6.45) is 5.41. The van der Waals surface area contributed by atoms with Gasteiger partial charge in [0.1, 0.15) is 25.1 Å². The van der Waals surface area contributed by atoms with Gasteiger partial charge in [0.2, 0.25) is 0 Å². The van der Waals surface area contributed by atoms with Crippen molar-refractivity contribution in [3.8, 4) is 0 Å². The number of Topliss-reactive ketones (excluding diaryl/α,β-unsaturated/α-hetero) is 1. The predicted molar refractivity (Wildman–Crippen MR) is 148 cm³/mol. The number of nitrogens with zero attached hydrogens (tertiary/aromatic N) is 3. The molecule has 11 nitrogen and oxygen atoms in total. The number of nitrogens with two attached hydrogens (primary N) is 2. The molecule has 1 aliphatic rings. The molecule has 4 atom stereocenters. The number of nitrogens with one attached hydrogen (secondary N) is 2. The van der Waals surface area contributed by atoms with Crippen LogP contribution in [-0.4, -0.2) is 87.9 Å². The summed E-state index contributed by atoms with van der Waals surface area (Å²) in [5, 5.41) is 8.24. The van der Waals surface area contributed by atoms with Gasteiger partial charge >= 0.3 is 0 Å². The molecular weight excluding hydrogens is 577 g/mol. The Morgan fingerprint density at radius 3 is 2.19 bits per heavy atom. The molecule has 1 unspecified atom stereocenters. The minimum Gasteiger partial charge on any atom is -0.304 e. The molecule has 0 bridgehead atoms. The van der Waals surface area contributed by atoms with Crippen LogP contribution in [0, 0.1) is 11.8 Å². The summed E-state index contributed by atoms with van der Waals surface area (Å²) in [4.78, 5) is 49.8. The summed E-state index contributed by atoms with van der Waals surface area (Å²) >= 11 is 2.06. The number of aldehydes is 3. The average Bonchev–Trinajstić information content (AvgIpc) is 3.31. The Balaban J connectivity index is 3.49. The molecule has 0 radical (unpaired) electrons. The molecule has 1 fully saturated rings. The van der Waals surface area contributed by atoms with E-state index in [1.165, 1.54) is 0 Å². The van der Waals surface area contributed by atoms with Gasteiger partial charge in [0.05, 0.1) is 28.6 Å². The minimum absolute atomic E-state index is 0.0686. The van der Waals surface area contributed by atoms with Gasteiger partial charge < -0.3 is 25.9 Å². The summed E-state index contributed by atoms with van der Waals surface area (Å²) in [6.45, 7) is 9.13. The summed E-state index contributed by atoms with van der Waals surface area (Å²) < 4.78 is 0.345. The smallest absolute Gasteiger partial charge is 0.161 e. The average molecular weight is 624 g/mol. The molecule has 0 aromatic heterocycles. The second-order valence-corrected chi connectivity index (χ2v) is 11.0. The highest BCUT2D eigenvalue weighted by molar-refractivity contribution is 14.1. The van der Waals surface area contributed by atoms with Crippen LogP contribution in [-0.2, 0) is 19.2 Å². The van der Waals surface area contributed by atoms with Gasteiger partial charge in [-0.3, -0.25) is 10.1 Å². The summed E-state index contributed by atoms with van der Waals surface area (Å²) in [7, 11) is 0. The highest BCUT2D eigenvalue weighted by atomic mass is 127.